The number of aromatic carboxylic acids is 1. The summed E-state index contributed by atoms with van der Waals surface area (Å²) in [4.78, 5) is 16.6. The molecule has 2 aromatic heterocycles. The Bertz CT molecular complexity index is 911. The summed E-state index contributed by atoms with van der Waals surface area (Å²) in [5.41, 5.74) is 0.931. The van der Waals surface area contributed by atoms with Crippen molar-refractivity contribution < 1.29 is 9.90 Å². The summed E-state index contributed by atoms with van der Waals surface area (Å²) in [6, 6.07) is 7.93. The van der Waals surface area contributed by atoms with Gasteiger partial charge in [0.05, 0.1) is 0 Å². The Morgan fingerprint density at radius 2 is 2.00 bits per heavy atom. The maximum Gasteiger partial charge on any atom is 0.346 e. The lowest BCUT2D eigenvalue weighted by Gasteiger charge is -2.34. The molecular formula is C17H19N5O2S. The van der Waals surface area contributed by atoms with Gasteiger partial charge in [0.2, 0.25) is 5.95 Å². The monoisotopic (exact) mass is 357 g/mol. The molecular weight excluding hydrogens is 338 g/mol. The van der Waals surface area contributed by atoms with Gasteiger partial charge in [-0.25, -0.2) is 4.79 Å². The molecule has 0 amide bonds. The Morgan fingerprint density at radius 1 is 1.24 bits per heavy atom. The number of carbonyl (C=O) groups is 1. The fourth-order valence-corrected chi connectivity index (χ4v) is 4.37. The molecule has 130 valence electrons. The van der Waals surface area contributed by atoms with Crippen LogP contribution in [0.4, 0.5) is 5.95 Å². The van der Waals surface area contributed by atoms with Crippen molar-refractivity contribution in [3.8, 4) is 0 Å². The van der Waals surface area contributed by atoms with E-state index in [4.69, 9.17) is 0 Å². The maximum atomic E-state index is 11.6. The molecule has 1 aliphatic rings. The van der Waals surface area contributed by atoms with Crippen LogP contribution in [0.25, 0.3) is 10.1 Å². The molecule has 1 aliphatic heterocycles. The number of fused-ring (bicyclic) bond motifs is 1. The number of carboxylic acids is 1. The molecule has 0 radical (unpaired) electrons. The van der Waals surface area contributed by atoms with E-state index in [9.17, 15) is 9.90 Å². The minimum absolute atomic E-state index is 0.455. The predicted molar refractivity (Wildman–Crippen MR) is 97.3 cm³/mol. The van der Waals surface area contributed by atoms with Crippen molar-refractivity contribution in [2.75, 3.05) is 31.1 Å². The van der Waals surface area contributed by atoms with Crippen LogP contribution in [-0.2, 0) is 13.6 Å². The molecule has 0 bridgehead atoms. The first-order chi connectivity index (χ1) is 12.1. The summed E-state index contributed by atoms with van der Waals surface area (Å²) >= 11 is 1.36. The van der Waals surface area contributed by atoms with E-state index < -0.39 is 5.97 Å². The zero-order valence-corrected chi connectivity index (χ0v) is 14.7. The highest BCUT2D eigenvalue weighted by Crippen LogP contribution is 2.32. The lowest BCUT2D eigenvalue weighted by atomic mass is 10.1. The number of benzene rings is 1. The van der Waals surface area contributed by atoms with Crippen LogP contribution in [0.2, 0.25) is 0 Å². The first-order valence-electron chi connectivity index (χ1n) is 8.18. The van der Waals surface area contributed by atoms with Gasteiger partial charge >= 0.3 is 5.97 Å². The van der Waals surface area contributed by atoms with E-state index in [1.807, 2.05) is 35.9 Å². The highest BCUT2D eigenvalue weighted by atomic mass is 32.1. The molecule has 0 spiro atoms. The SMILES string of the molecule is Cn1cnnc1N1CCN(Cc2c(C(=O)O)sc3ccccc23)CC1. The van der Waals surface area contributed by atoms with Gasteiger partial charge in [0.15, 0.2) is 0 Å². The first-order valence-corrected chi connectivity index (χ1v) is 9.00. The summed E-state index contributed by atoms with van der Waals surface area (Å²) in [5.74, 6) is 0.0424. The van der Waals surface area contributed by atoms with Crippen LogP contribution < -0.4 is 4.90 Å². The fourth-order valence-electron chi connectivity index (χ4n) is 3.32. The number of carboxylic acid groups (broad SMARTS) is 1. The van der Waals surface area contributed by atoms with Crippen molar-refractivity contribution in [2.45, 2.75) is 6.54 Å². The number of anilines is 1. The van der Waals surface area contributed by atoms with Crippen molar-refractivity contribution in [3.05, 3.63) is 41.0 Å². The molecule has 1 saturated heterocycles. The van der Waals surface area contributed by atoms with E-state index in [0.29, 0.717) is 11.4 Å². The lowest BCUT2D eigenvalue weighted by Crippen LogP contribution is -2.46. The summed E-state index contributed by atoms with van der Waals surface area (Å²) in [6.07, 6.45) is 1.71. The molecule has 1 fully saturated rings. The van der Waals surface area contributed by atoms with Gasteiger partial charge in [-0.2, -0.15) is 0 Å². The molecule has 25 heavy (non-hydrogen) atoms. The van der Waals surface area contributed by atoms with Gasteiger partial charge in [-0.3, -0.25) is 4.90 Å². The summed E-state index contributed by atoms with van der Waals surface area (Å²) in [7, 11) is 1.94. The average molecular weight is 357 g/mol. The largest absolute Gasteiger partial charge is 0.477 e. The summed E-state index contributed by atoms with van der Waals surface area (Å²) in [6.45, 7) is 4.12. The highest BCUT2D eigenvalue weighted by Gasteiger charge is 2.24. The summed E-state index contributed by atoms with van der Waals surface area (Å²) < 4.78 is 2.96. The molecule has 4 rings (SSSR count). The normalized spacial score (nSPS) is 15.8. The van der Waals surface area contributed by atoms with E-state index in [2.05, 4.69) is 20.0 Å². The van der Waals surface area contributed by atoms with E-state index in [1.165, 1.54) is 11.3 Å². The van der Waals surface area contributed by atoms with Crippen LogP contribution in [0.1, 0.15) is 15.2 Å². The Hall–Kier alpha value is -2.45. The van der Waals surface area contributed by atoms with Crippen LogP contribution in [0, 0.1) is 0 Å². The number of aryl methyl sites for hydroxylation is 1. The number of piperazine rings is 1. The Balaban J connectivity index is 1.52. The van der Waals surface area contributed by atoms with Crippen LogP contribution in [0.3, 0.4) is 0 Å². The minimum Gasteiger partial charge on any atom is -0.477 e. The van der Waals surface area contributed by atoms with Gasteiger partial charge in [0.1, 0.15) is 11.2 Å². The second-order valence-electron chi connectivity index (χ2n) is 6.22. The second-order valence-corrected chi connectivity index (χ2v) is 7.27. The van der Waals surface area contributed by atoms with E-state index in [-0.39, 0.29) is 0 Å². The van der Waals surface area contributed by atoms with Gasteiger partial charge in [-0.05, 0) is 17.0 Å². The van der Waals surface area contributed by atoms with Crippen molar-refractivity contribution >= 4 is 33.3 Å². The first kappa shape index (κ1) is 16.0. The third-order valence-electron chi connectivity index (χ3n) is 4.62. The number of hydrogen-bond acceptors (Lipinski definition) is 6. The third-order valence-corrected chi connectivity index (χ3v) is 5.82. The Labute approximate surface area is 149 Å². The number of nitrogens with zero attached hydrogens (tertiary/aromatic N) is 5. The van der Waals surface area contributed by atoms with Crippen molar-refractivity contribution in [2.24, 2.45) is 7.05 Å². The van der Waals surface area contributed by atoms with E-state index in [0.717, 1.165) is 47.8 Å². The van der Waals surface area contributed by atoms with Gasteiger partial charge in [-0.15, -0.1) is 21.5 Å². The van der Waals surface area contributed by atoms with E-state index >= 15 is 0 Å². The van der Waals surface area contributed by atoms with Crippen molar-refractivity contribution in [3.63, 3.8) is 0 Å². The molecule has 3 heterocycles. The summed E-state index contributed by atoms with van der Waals surface area (Å²) in [5, 5.41) is 18.7. The quantitative estimate of drug-likeness (QED) is 0.770. The third kappa shape index (κ3) is 2.98. The molecule has 0 unspecified atom stereocenters. The minimum atomic E-state index is -0.839. The van der Waals surface area contributed by atoms with Crippen LogP contribution in [-0.4, -0.2) is 56.9 Å². The standard InChI is InChI=1S/C17H19N5O2S/c1-20-11-18-19-17(20)22-8-6-21(7-9-22)10-13-12-4-2-3-5-14(12)25-15(13)16(23)24/h2-5,11H,6-10H2,1H3,(H,23,24). The number of hydrogen-bond donors (Lipinski definition) is 1. The van der Waals surface area contributed by atoms with Crippen LogP contribution in [0.5, 0.6) is 0 Å². The van der Waals surface area contributed by atoms with Gasteiger partial charge in [0.25, 0.3) is 0 Å². The van der Waals surface area contributed by atoms with Crippen molar-refractivity contribution in [1.29, 1.82) is 0 Å². The molecule has 0 atom stereocenters. The van der Waals surface area contributed by atoms with Crippen LogP contribution >= 0.6 is 11.3 Å². The van der Waals surface area contributed by atoms with Crippen LogP contribution in [0.15, 0.2) is 30.6 Å². The molecule has 7 nitrogen and oxygen atoms in total. The lowest BCUT2D eigenvalue weighted by molar-refractivity contribution is 0.0700. The predicted octanol–water partition coefficient (Wildman–Crippen LogP) is 2.05. The zero-order valence-electron chi connectivity index (χ0n) is 13.9. The van der Waals surface area contributed by atoms with E-state index in [1.54, 1.807) is 6.33 Å². The Morgan fingerprint density at radius 3 is 2.68 bits per heavy atom. The topological polar surface area (TPSA) is 74.5 Å². The fraction of sp³-hybridized carbons (Fsp3) is 0.353. The maximum absolute atomic E-state index is 11.6. The smallest absolute Gasteiger partial charge is 0.346 e. The van der Waals surface area contributed by atoms with Gasteiger partial charge in [-0.1, -0.05) is 18.2 Å². The highest BCUT2D eigenvalue weighted by molar-refractivity contribution is 7.21. The number of rotatable bonds is 4. The molecule has 0 aliphatic carbocycles. The molecule has 1 N–H and O–H groups in total. The van der Waals surface area contributed by atoms with Gasteiger partial charge < -0.3 is 14.6 Å². The molecule has 8 heteroatoms. The molecule has 3 aromatic rings. The molecule has 0 saturated carbocycles. The average Bonchev–Trinajstić information content (AvgIpc) is 3.20. The second kappa shape index (κ2) is 6.45. The van der Waals surface area contributed by atoms with Gasteiger partial charge in [0, 0.05) is 44.5 Å². The molecule has 1 aromatic carbocycles. The number of thiophene rings is 1. The Kier molecular flexibility index (Phi) is 4.14. The number of aromatic nitrogens is 3. The van der Waals surface area contributed by atoms with Crippen molar-refractivity contribution in [1.82, 2.24) is 19.7 Å². The zero-order chi connectivity index (χ0) is 17.4.